The summed E-state index contributed by atoms with van der Waals surface area (Å²) in [7, 11) is 0. The molecule has 0 aromatic heterocycles. The van der Waals surface area contributed by atoms with E-state index < -0.39 is 0 Å². The molecule has 1 aliphatic heterocycles. The number of nitrogens with one attached hydrogen (secondary N) is 2. The first-order valence-corrected chi connectivity index (χ1v) is 9.37. The highest BCUT2D eigenvalue weighted by Gasteiger charge is 2.27. The minimum Gasteiger partial charge on any atom is -0.344 e. The van der Waals surface area contributed by atoms with Crippen LogP contribution in [0.3, 0.4) is 0 Å². The normalized spacial score (nSPS) is 19.0. The van der Waals surface area contributed by atoms with Gasteiger partial charge in [-0.05, 0) is 61.1 Å². The fourth-order valence-corrected chi connectivity index (χ4v) is 3.77. The van der Waals surface area contributed by atoms with Crippen molar-refractivity contribution in [3.8, 4) is 0 Å². The summed E-state index contributed by atoms with van der Waals surface area (Å²) >= 11 is 0. The van der Waals surface area contributed by atoms with Crippen LogP contribution in [0.5, 0.6) is 0 Å². The van der Waals surface area contributed by atoms with Gasteiger partial charge in [0, 0.05) is 6.42 Å². The van der Waals surface area contributed by atoms with E-state index in [4.69, 9.17) is 0 Å². The van der Waals surface area contributed by atoms with Gasteiger partial charge in [0.25, 0.3) is 5.91 Å². The van der Waals surface area contributed by atoms with E-state index in [1.807, 2.05) is 43.3 Å². The maximum Gasteiger partial charge on any atom is 0.269 e. The molecular formula is C22H23N3O2. The number of carbonyl (C=O) groups is 2. The lowest BCUT2D eigenvalue weighted by atomic mass is 9.87. The number of fused-ring (bicyclic) bond motifs is 1. The molecule has 138 valence electrons. The van der Waals surface area contributed by atoms with Crippen molar-refractivity contribution in [1.29, 1.82) is 0 Å². The second-order valence-corrected chi connectivity index (χ2v) is 7.12. The molecule has 2 aliphatic rings. The number of aryl methyl sites for hydroxylation is 2. The fraction of sp³-hybridized carbons (Fsp3) is 0.273. The van der Waals surface area contributed by atoms with Gasteiger partial charge in [-0.2, -0.15) is 0 Å². The summed E-state index contributed by atoms with van der Waals surface area (Å²) in [6, 6.07) is 15.9. The summed E-state index contributed by atoms with van der Waals surface area (Å²) in [6.45, 7) is 1.97. The average molecular weight is 361 g/mol. The topological polar surface area (TPSA) is 61.4 Å². The number of hydrazine groups is 1. The predicted octanol–water partition coefficient (Wildman–Crippen LogP) is 3.31. The van der Waals surface area contributed by atoms with E-state index in [0.717, 1.165) is 30.5 Å². The summed E-state index contributed by atoms with van der Waals surface area (Å²) in [5, 5.41) is 4.59. The van der Waals surface area contributed by atoms with Gasteiger partial charge in [-0.25, -0.2) is 5.01 Å². The van der Waals surface area contributed by atoms with Gasteiger partial charge >= 0.3 is 0 Å². The van der Waals surface area contributed by atoms with Gasteiger partial charge < -0.3 is 5.32 Å². The van der Waals surface area contributed by atoms with Gasteiger partial charge in [-0.15, -0.1) is 0 Å². The summed E-state index contributed by atoms with van der Waals surface area (Å²) in [4.78, 5) is 25.2. The standard InChI is InChI=1S/C22H23N3O2/c1-15-6-4-9-17(14-15)25-21(26)13-12-20(24-25)22(27)23-19-11-5-8-16-7-2-3-10-18(16)19/h2-4,6-7,9-10,12,14,19,24H,5,8,11,13H2,1H3,(H,23,27)/t19-/m1/s1. The lowest BCUT2D eigenvalue weighted by Crippen LogP contribution is -2.49. The SMILES string of the molecule is Cc1cccc(N2NC(C(=O)N[C@@H]3CCCc4ccccc43)=CCC2=O)c1. The highest BCUT2D eigenvalue weighted by Crippen LogP contribution is 2.29. The number of rotatable bonds is 3. The van der Waals surface area contributed by atoms with Gasteiger partial charge in [0.2, 0.25) is 5.91 Å². The van der Waals surface area contributed by atoms with Crippen molar-refractivity contribution in [2.75, 3.05) is 5.01 Å². The zero-order valence-corrected chi connectivity index (χ0v) is 15.4. The lowest BCUT2D eigenvalue weighted by Gasteiger charge is -2.31. The molecule has 0 saturated carbocycles. The molecule has 1 heterocycles. The monoisotopic (exact) mass is 361 g/mol. The van der Waals surface area contributed by atoms with Gasteiger partial charge in [-0.1, -0.05) is 36.4 Å². The maximum absolute atomic E-state index is 12.8. The summed E-state index contributed by atoms with van der Waals surface area (Å²) in [5.41, 5.74) is 7.70. The lowest BCUT2D eigenvalue weighted by molar-refractivity contribution is -0.120. The molecule has 0 saturated heterocycles. The second kappa shape index (κ2) is 7.27. The Hall–Kier alpha value is -3.08. The molecule has 27 heavy (non-hydrogen) atoms. The predicted molar refractivity (Wildman–Crippen MR) is 105 cm³/mol. The molecule has 0 spiro atoms. The van der Waals surface area contributed by atoms with Gasteiger partial charge in [0.15, 0.2) is 0 Å². The average Bonchev–Trinajstić information content (AvgIpc) is 2.68. The zero-order valence-electron chi connectivity index (χ0n) is 15.4. The second-order valence-electron chi connectivity index (χ2n) is 7.12. The van der Waals surface area contributed by atoms with Crippen LogP contribution in [0.2, 0.25) is 0 Å². The van der Waals surface area contributed by atoms with Crippen molar-refractivity contribution < 1.29 is 9.59 Å². The van der Waals surface area contributed by atoms with Crippen LogP contribution in [0.15, 0.2) is 60.3 Å². The molecule has 2 aromatic rings. The maximum atomic E-state index is 12.8. The number of benzene rings is 2. The molecule has 0 radical (unpaired) electrons. The minimum absolute atomic E-state index is 0.00944. The highest BCUT2D eigenvalue weighted by molar-refractivity contribution is 6.01. The Morgan fingerprint density at radius 3 is 2.89 bits per heavy atom. The van der Waals surface area contributed by atoms with E-state index in [0.29, 0.717) is 5.70 Å². The Morgan fingerprint density at radius 2 is 2.04 bits per heavy atom. The van der Waals surface area contributed by atoms with Gasteiger partial charge in [0.1, 0.15) is 5.70 Å². The molecular weight excluding hydrogens is 338 g/mol. The summed E-state index contributed by atoms with van der Waals surface area (Å²) in [6.07, 6.45) is 4.90. The van der Waals surface area contributed by atoms with Crippen molar-refractivity contribution in [3.63, 3.8) is 0 Å². The van der Waals surface area contributed by atoms with Crippen LogP contribution in [-0.4, -0.2) is 11.8 Å². The van der Waals surface area contributed by atoms with E-state index in [1.54, 1.807) is 6.08 Å². The Labute approximate surface area is 159 Å². The molecule has 0 fully saturated rings. The Bertz CT molecular complexity index is 919. The van der Waals surface area contributed by atoms with E-state index in [1.165, 1.54) is 16.1 Å². The van der Waals surface area contributed by atoms with E-state index in [9.17, 15) is 9.59 Å². The third-order valence-corrected chi connectivity index (χ3v) is 5.14. The molecule has 2 aromatic carbocycles. The molecule has 0 bridgehead atoms. The first-order valence-electron chi connectivity index (χ1n) is 9.37. The molecule has 4 rings (SSSR count). The number of nitrogens with zero attached hydrogens (tertiary/aromatic N) is 1. The van der Waals surface area contributed by atoms with E-state index in [2.05, 4.69) is 22.9 Å². The van der Waals surface area contributed by atoms with Crippen LogP contribution in [0.4, 0.5) is 5.69 Å². The Morgan fingerprint density at radius 1 is 1.19 bits per heavy atom. The highest BCUT2D eigenvalue weighted by atomic mass is 16.2. The van der Waals surface area contributed by atoms with Crippen molar-refractivity contribution in [2.45, 2.75) is 38.6 Å². The number of hydrogen-bond donors (Lipinski definition) is 2. The molecule has 5 heteroatoms. The molecule has 2 N–H and O–H groups in total. The smallest absolute Gasteiger partial charge is 0.269 e. The third-order valence-electron chi connectivity index (χ3n) is 5.14. The Kier molecular flexibility index (Phi) is 4.67. The summed E-state index contributed by atoms with van der Waals surface area (Å²) < 4.78 is 0. The summed E-state index contributed by atoms with van der Waals surface area (Å²) in [5.74, 6) is -0.262. The van der Waals surface area contributed by atoms with E-state index in [-0.39, 0.29) is 24.3 Å². The number of amides is 2. The fourth-order valence-electron chi connectivity index (χ4n) is 3.77. The number of hydrogen-bond acceptors (Lipinski definition) is 3. The van der Waals surface area contributed by atoms with Gasteiger partial charge in [0.05, 0.1) is 11.7 Å². The largest absolute Gasteiger partial charge is 0.344 e. The van der Waals surface area contributed by atoms with Crippen LogP contribution in [0.1, 0.15) is 42.0 Å². The van der Waals surface area contributed by atoms with Gasteiger partial charge in [-0.3, -0.25) is 15.0 Å². The molecule has 0 unspecified atom stereocenters. The minimum atomic E-state index is -0.179. The van der Waals surface area contributed by atoms with Crippen molar-refractivity contribution in [2.24, 2.45) is 0 Å². The number of anilines is 1. The zero-order chi connectivity index (χ0) is 18.8. The molecule has 1 aliphatic carbocycles. The molecule has 5 nitrogen and oxygen atoms in total. The Balaban J connectivity index is 1.50. The van der Waals surface area contributed by atoms with Crippen LogP contribution in [0, 0.1) is 6.92 Å². The molecule has 1 atom stereocenters. The van der Waals surface area contributed by atoms with Crippen LogP contribution in [-0.2, 0) is 16.0 Å². The first-order chi connectivity index (χ1) is 13.1. The number of carbonyl (C=O) groups excluding carboxylic acids is 2. The van der Waals surface area contributed by atoms with Crippen LogP contribution < -0.4 is 15.8 Å². The van der Waals surface area contributed by atoms with E-state index >= 15 is 0 Å². The van der Waals surface area contributed by atoms with Crippen LogP contribution >= 0.6 is 0 Å². The van der Waals surface area contributed by atoms with Crippen molar-refractivity contribution >= 4 is 17.5 Å². The third kappa shape index (κ3) is 3.58. The first kappa shape index (κ1) is 17.3. The molecule has 2 amide bonds. The van der Waals surface area contributed by atoms with Crippen LogP contribution in [0.25, 0.3) is 0 Å². The quantitative estimate of drug-likeness (QED) is 0.882. The van der Waals surface area contributed by atoms with Crippen molar-refractivity contribution in [3.05, 3.63) is 77.0 Å². The van der Waals surface area contributed by atoms with Crippen molar-refractivity contribution in [1.82, 2.24) is 10.7 Å².